The molecule has 0 spiro atoms. The van der Waals surface area contributed by atoms with E-state index >= 15 is 0 Å². The minimum absolute atomic E-state index is 0.258. The van der Waals surface area contributed by atoms with Crippen LogP contribution in [0.15, 0.2) is 33.3 Å². The number of nitrogens with zero attached hydrogens (tertiary/aromatic N) is 2. The number of hydrogen-bond acceptors (Lipinski definition) is 3. The van der Waals surface area contributed by atoms with E-state index in [2.05, 4.69) is 26.1 Å². The molecular formula is C9H6BrClN2O. The number of alkyl halides is 1. The van der Waals surface area contributed by atoms with Crippen LogP contribution in [0.5, 0.6) is 0 Å². The van der Waals surface area contributed by atoms with Gasteiger partial charge >= 0.3 is 0 Å². The summed E-state index contributed by atoms with van der Waals surface area (Å²) in [5, 5.41) is 3.71. The van der Waals surface area contributed by atoms with Gasteiger partial charge in [-0.25, -0.2) is 0 Å². The summed E-state index contributed by atoms with van der Waals surface area (Å²) in [6.45, 7) is 0. The van der Waals surface area contributed by atoms with Gasteiger partial charge in [-0.1, -0.05) is 17.3 Å². The molecule has 0 aliphatic heterocycles. The van der Waals surface area contributed by atoms with Crippen LogP contribution in [0.4, 0.5) is 0 Å². The number of benzene rings is 1. The van der Waals surface area contributed by atoms with Crippen molar-refractivity contribution >= 4 is 27.5 Å². The van der Waals surface area contributed by atoms with Gasteiger partial charge in [0.05, 0.1) is 11.4 Å². The molecule has 0 radical (unpaired) electrons. The molecule has 5 heteroatoms. The van der Waals surface area contributed by atoms with Crippen molar-refractivity contribution in [3.8, 4) is 11.5 Å². The molecule has 2 rings (SSSR count). The third kappa shape index (κ3) is 1.81. The molecule has 0 N–H and O–H groups in total. The molecule has 0 saturated carbocycles. The first-order valence-corrected chi connectivity index (χ1v) is 5.27. The zero-order valence-electron chi connectivity index (χ0n) is 7.08. The maximum Gasteiger partial charge on any atom is 0.259 e. The van der Waals surface area contributed by atoms with Gasteiger partial charge in [0, 0.05) is 4.47 Å². The maximum atomic E-state index is 5.57. The Labute approximate surface area is 94.2 Å². The number of hydrogen-bond donors (Lipinski definition) is 0. The van der Waals surface area contributed by atoms with E-state index in [-0.39, 0.29) is 5.88 Å². The van der Waals surface area contributed by atoms with Crippen LogP contribution in [0.3, 0.4) is 0 Å². The van der Waals surface area contributed by atoms with E-state index in [9.17, 15) is 0 Å². The van der Waals surface area contributed by atoms with Crippen molar-refractivity contribution in [3.63, 3.8) is 0 Å². The van der Waals surface area contributed by atoms with Gasteiger partial charge in [-0.05, 0) is 28.1 Å². The molecule has 0 saturated heterocycles. The quantitative estimate of drug-likeness (QED) is 0.789. The molecule has 1 aromatic heterocycles. The summed E-state index contributed by atoms with van der Waals surface area (Å²) in [6.07, 6.45) is 0. The van der Waals surface area contributed by atoms with E-state index in [1.54, 1.807) is 0 Å². The molecular weight excluding hydrogens is 267 g/mol. The minimum atomic E-state index is 0.258. The van der Waals surface area contributed by atoms with E-state index in [0.717, 1.165) is 10.0 Å². The number of rotatable bonds is 2. The number of aromatic nitrogens is 2. The highest BCUT2D eigenvalue weighted by Crippen LogP contribution is 2.26. The molecule has 2 aromatic rings. The Bertz CT molecular complexity index is 444. The SMILES string of the molecule is ClCc1noc(-c2ccccc2Br)n1. The van der Waals surface area contributed by atoms with Crippen molar-refractivity contribution in [2.45, 2.75) is 5.88 Å². The largest absolute Gasteiger partial charge is 0.334 e. The van der Waals surface area contributed by atoms with E-state index in [4.69, 9.17) is 16.1 Å². The second-order valence-electron chi connectivity index (χ2n) is 2.63. The minimum Gasteiger partial charge on any atom is -0.334 e. The molecule has 0 aliphatic carbocycles. The van der Waals surface area contributed by atoms with Crippen LogP contribution in [0.25, 0.3) is 11.5 Å². The van der Waals surface area contributed by atoms with Gasteiger partial charge in [0.1, 0.15) is 0 Å². The van der Waals surface area contributed by atoms with E-state index in [1.807, 2.05) is 24.3 Å². The summed E-state index contributed by atoms with van der Waals surface area (Å²) in [6, 6.07) is 7.65. The maximum absolute atomic E-state index is 5.57. The first kappa shape index (κ1) is 9.68. The zero-order valence-corrected chi connectivity index (χ0v) is 9.42. The Morgan fingerprint density at radius 3 is 2.79 bits per heavy atom. The van der Waals surface area contributed by atoms with Gasteiger partial charge in [0.2, 0.25) is 0 Å². The standard InChI is InChI=1S/C9H6BrClN2O/c10-7-4-2-1-3-6(7)9-12-8(5-11)13-14-9/h1-4H,5H2. The van der Waals surface area contributed by atoms with Gasteiger partial charge < -0.3 is 4.52 Å². The van der Waals surface area contributed by atoms with Gasteiger partial charge in [-0.15, -0.1) is 11.6 Å². The Balaban J connectivity index is 2.44. The molecule has 14 heavy (non-hydrogen) atoms. The predicted octanol–water partition coefficient (Wildman–Crippen LogP) is 3.24. The molecule has 72 valence electrons. The molecule has 0 fully saturated rings. The first-order chi connectivity index (χ1) is 6.81. The zero-order chi connectivity index (χ0) is 9.97. The van der Waals surface area contributed by atoms with Crippen LogP contribution in [0, 0.1) is 0 Å². The summed E-state index contributed by atoms with van der Waals surface area (Å²) >= 11 is 8.97. The Morgan fingerprint density at radius 1 is 1.36 bits per heavy atom. The van der Waals surface area contributed by atoms with Gasteiger partial charge in [0.15, 0.2) is 5.82 Å². The molecule has 0 aliphatic rings. The molecule has 0 unspecified atom stereocenters. The fourth-order valence-corrected chi connectivity index (χ4v) is 1.62. The Morgan fingerprint density at radius 2 is 2.14 bits per heavy atom. The summed E-state index contributed by atoms with van der Waals surface area (Å²) in [5.74, 6) is 1.24. The first-order valence-electron chi connectivity index (χ1n) is 3.94. The highest BCUT2D eigenvalue weighted by atomic mass is 79.9. The molecule has 0 amide bonds. The van der Waals surface area contributed by atoms with E-state index < -0.39 is 0 Å². The fourth-order valence-electron chi connectivity index (χ4n) is 1.05. The number of halogens is 2. The van der Waals surface area contributed by atoms with Crippen LogP contribution >= 0.6 is 27.5 Å². The van der Waals surface area contributed by atoms with Gasteiger partial charge in [-0.2, -0.15) is 4.98 Å². The van der Waals surface area contributed by atoms with Crippen LogP contribution in [-0.4, -0.2) is 10.1 Å². The fraction of sp³-hybridized carbons (Fsp3) is 0.111. The molecule has 0 atom stereocenters. The van der Waals surface area contributed by atoms with Crippen LogP contribution in [0.2, 0.25) is 0 Å². The third-order valence-corrected chi connectivity index (χ3v) is 2.62. The monoisotopic (exact) mass is 272 g/mol. The third-order valence-electron chi connectivity index (χ3n) is 1.69. The lowest BCUT2D eigenvalue weighted by Crippen LogP contribution is -1.81. The summed E-state index contributed by atoms with van der Waals surface area (Å²) in [5.41, 5.74) is 0.872. The Hall–Kier alpha value is -0.870. The van der Waals surface area contributed by atoms with Gasteiger partial charge in [-0.3, -0.25) is 0 Å². The predicted molar refractivity (Wildman–Crippen MR) is 57.0 cm³/mol. The second kappa shape index (κ2) is 4.11. The second-order valence-corrected chi connectivity index (χ2v) is 3.75. The average molecular weight is 274 g/mol. The van der Waals surface area contributed by atoms with Crippen molar-refractivity contribution in [3.05, 3.63) is 34.6 Å². The molecule has 1 heterocycles. The van der Waals surface area contributed by atoms with E-state index in [0.29, 0.717) is 11.7 Å². The summed E-state index contributed by atoms with van der Waals surface area (Å²) < 4.78 is 5.97. The van der Waals surface area contributed by atoms with Crippen LogP contribution in [-0.2, 0) is 5.88 Å². The lowest BCUT2D eigenvalue weighted by atomic mass is 10.2. The van der Waals surface area contributed by atoms with Crippen molar-refractivity contribution in [2.24, 2.45) is 0 Å². The van der Waals surface area contributed by atoms with Gasteiger partial charge in [0.25, 0.3) is 5.89 Å². The van der Waals surface area contributed by atoms with Crippen molar-refractivity contribution in [1.82, 2.24) is 10.1 Å². The van der Waals surface area contributed by atoms with E-state index in [1.165, 1.54) is 0 Å². The Kier molecular flexibility index (Phi) is 2.84. The van der Waals surface area contributed by atoms with Crippen molar-refractivity contribution in [1.29, 1.82) is 0 Å². The lowest BCUT2D eigenvalue weighted by Gasteiger charge is -1.95. The highest BCUT2D eigenvalue weighted by Gasteiger charge is 2.10. The molecule has 1 aromatic carbocycles. The van der Waals surface area contributed by atoms with Crippen molar-refractivity contribution in [2.75, 3.05) is 0 Å². The highest BCUT2D eigenvalue weighted by molar-refractivity contribution is 9.10. The topological polar surface area (TPSA) is 38.9 Å². The van der Waals surface area contributed by atoms with Crippen LogP contribution in [0.1, 0.15) is 5.82 Å². The smallest absolute Gasteiger partial charge is 0.259 e. The lowest BCUT2D eigenvalue weighted by molar-refractivity contribution is 0.425. The van der Waals surface area contributed by atoms with Crippen molar-refractivity contribution < 1.29 is 4.52 Å². The summed E-state index contributed by atoms with van der Waals surface area (Å²) in [4.78, 5) is 4.12. The average Bonchev–Trinajstić information content (AvgIpc) is 2.67. The normalized spacial score (nSPS) is 10.4. The summed E-state index contributed by atoms with van der Waals surface area (Å²) in [7, 11) is 0. The molecule has 3 nitrogen and oxygen atoms in total. The van der Waals surface area contributed by atoms with Crippen LogP contribution < -0.4 is 0 Å². The molecule has 0 bridgehead atoms.